The van der Waals surface area contributed by atoms with Gasteiger partial charge >= 0.3 is 0 Å². The number of nitrogens with two attached hydrogens (primary N) is 1. The number of likely N-dealkylation sites (N-methyl/N-ethyl adjacent to an activating group) is 1. The SMILES string of the molecule is C=C(/C=C/C=C(/CO)[C@H]1[C@@H]2CCC[C@@]3(O)CCC4=C(C)C(=O)Cc5cccc6c5[C@@H](NC[C@H](O)CCc5cccc(c5)C[C@@H](O)CC[C@H]4[C@]3(C2)[C@@H]1O)C(=O)N[C@H]6N)[C@H](CC=C(C)C)NCC. The van der Waals surface area contributed by atoms with Crippen molar-refractivity contribution in [2.24, 2.45) is 28.9 Å². The number of carbonyl (C=O) groups is 2. The molecule has 1 spiro atoms. The van der Waals surface area contributed by atoms with Crippen LogP contribution in [0.2, 0.25) is 0 Å². The maximum atomic E-state index is 14.9. The average Bonchev–Trinajstić information content (AvgIpc) is 3.46. The predicted molar refractivity (Wildman–Crippen MR) is 260 cm³/mol. The zero-order chi connectivity index (χ0) is 47.3. The van der Waals surface area contributed by atoms with E-state index in [1.807, 2.05) is 61.5 Å². The quantitative estimate of drug-likeness (QED) is 0.103. The number of amides is 1. The normalized spacial score (nSPS) is 32.7. The number of hydrogen-bond donors (Lipinski definition) is 9. The van der Waals surface area contributed by atoms with Gasteiger partial charge in [0.1, 0.15) is 12.2 Å². The first-order valence-electron chi connectivity index (χ1n) is 24.6. The molecule has 5 aliphatic rings. The summed E-state index contributed by atoms with van der Waals surface area (Å²) in [5.74, 6) is -1.31. The van der Waals surface area contributed by atoms with Crippen molar-refractivity contribution in [2.45, 2.75) is 153 Å². The molecule has 2 aromatic rings. The van der Waals surface area contributed by atoms with Crippen LogP contribution in [0.3, 0.4) is 0 Å². The third-order valence-corrected chi connectivity index (χ3v) is 16.0. The Balaban J connectivity index is 1.29. The highest BCUT2D eigenvalue weighted by atomic mass is 16.3. The van der Waals surface area contributed by atoms with Crippen LogP contribution in [0.25, 0.3) is 0 Å². The van der Waals surface area contributed by atoms with Crippen LogP contribution in [0.1, 0.15) is 132 Å². The highest BCUT2D eigenvalue weighted by Crippen LogP contribution is 2.68. The summed E-state index contributed by atoms with van der Waals surface area (Å²) in [6.07, 6.45) is 11.3. The number of β-amino-alcohol motifs (C(OH)–C–C–N with tert-alkyl or cyclic N) is 1. The molecule has 7 rings (SSSR count). The molecular formula is C55H76N4O7. The van der Waals surface area contributed by atoms with Gasteiger partial charge in [-0.25, -0.2) is 0 Å². The fourth-order valence-electron chi connectivity index (χ4n) is 12.7. The highest BCUT2D eigenvalue weighted by molar-refractivity contribution is 5.98. The molecule has 3 saturated carbocycles. The molecule has 1 amide bonds. The number of Topliss-reactive ketones (excluding diaryl/α,β-unsaturated/α-hetero) is 1. The third-order valence-electron chi connectivity index (χ3n) is 16.0. The number of aliphatic hydroxyl groups excluding tert-OH is 4. The molecule has 3 fully saturated rings. The van der Waals surface area contributed by atoms with Crippen LogP contribution in [0.5, 0.6) is 0 Å². The zero-order valence-electron chi connectivity index (χ0n) is 39.7. The Morgan fingerprint density at radius 1 is 1.02 bits per heavy atom. The van der Waals surface area contributed by atoms with Gasteiger partial charge in [-0.2, -0.15) is 0 Å². The van der Waals surface area contributed by atoms with Crippen molar-refractivity contribution in [1.82, 2.24) is 16.0 Å². The number of hydrogen-bond acceptors (Lipinski definition) is 10. The summed E-state index contributed by atoms with van der Waals surface area (Å²) in [6, 6.07) is 12.9. The van der Waals surface area contributed by atoms with Crippen LogP contribution in [-0.4, -0.2) is 86.9 Å². The summed E-state index contributed by atoms with van der Waals surface area (Å²) in [5.41, 5.74) is 12.6. The van der Waals surface area contributed by atoms with Gasteiger partial charge in [0.25, 0.3) is 0 Å². The summed E-state index contributed by atoms with van der Waals surface area (Å²) in [4.78, 5) is 28.5. The molecule has 2 aromatic carbocycles. The van der Waals surface area contributed by atoms with E-state index >= 15 is 0 Å². The Labute approximate surface area is 392 Å². The van der Waals surface area contributed by atoms with Crippen LogP contribution in [-0.2, 0) is 28.9 Å². The van der Waals surface area contributed by atoms with Crippen LogP contribution >= 0.6 is 0 Å². The lowest BCUT2D eigenvalue weighted by molar-refractivity contribution is -0.181. The molecule has 11 nitrogen and oxygen atoms in total. The fourth-order valence-corrected chi connectivity index (χ4v) is 12.7. The molecule has 11 heteroatoms. The van der Waals surface area contributed by atoms with Crippen LogP contribution in [0.15, 0.2) is 101 Å². The lowest BCUT2D eigenvalue weighted by Crippen LogP contribution is -2.61. The summed E-state index contributed by atoms with van der Waals surface area (Å²) < 4.78 is 0. The first-order chi connectivity index (χ1) is 31.6. The van der Waals surface area contributed by atoms with Gasteiger partial charge in [-0.3, -0.25) is 14.9 Å². The fraction of sp³-hybridized carbons (Fsp3) is 0.564. The minimum Gasteiger partial charge on any atom is -0.393 e. The lowest BCUT2D eigenvalue weighted by Gasteiger charge is -2.57. The van der Waals surface area contributed by atoms with Crippen molar-refractivity contribution in [3.8, 4) is 0 Å². The molecule has 2 heterocycles. The Bertz CT molecular complexity index is 2230. The van der Waals surface area contributed by atoms with Gasteiger partial charge in [0.05, 0.1) is 30.5 Å². The standard InChI is InChI=1S/C55H76N4O7/c1-6-57-46(23-18-33(2)3)34(4)11-7-15-40(32-60)48-39-16-10-25-54(66)26-24-43-35(5)47(63)29-38-14-9-17-44-49(38)50(53(65)59-52(44)56)58-31-42(62)20-19-36-12-8-13-37(27-36)28-41(61)21-22-45(43)55(54,30-39)51(48)64/h7-9,11-15,17-18,27,39,41-42,45-46,48,50-52,57-58,60-62,64,66H,4,6,10,16,19-26,28-32,56H2,1-3,5H3,(H,59,65)/b11-7+,40-15-,43-35?/t39-,41+,42-,45-,46+,48-,50-,51-,52-,54-,55-/m1/s1. The highest BCUT2D eigenvalue weighted by Gasteiger charge is 2.68. The molecule has 3 aliphatic carbocycles. The molecule has 2 aliphatic heterocycles. The Morgan fingerprint density at radius 3 is 2.55 bits per heavy atom. The summed E-state index contributed by atoms with van der Waals surface area (Å²) >= 11 is 0. The van der Waals surface area contributed by atoms with E-state index in [-0.39, 0.29) is 43.2 Å². The van der Waals surface area contributed by atoms with Crippen molar-refractivity contribution in [3.05, 3.63) is 129 Å². The molecule has 10 N–H and O–H groups in total. The summed E-state index contributed by atoms with van der Waals surface area (Å²) in [7, 11) is 0. The number of nitrogens with one attached hydrogen (secondary N) is 3. The van der Waals surface area contributed by atoms with Gasteiger partial charge in [-0.05, 0) is 154 Å². The number of aliphatic hydroxyl groups is 5. The van der Waals surface area contributed by atoms with Crippen molar-refractivity contribution >= 4 is 11.7 Å². The van der Waals surface area contributed by atoms with E-state index in [4.69, 9.17) is 5.73 Å². The minimum atomic E-state index is -1.24. The summed E-state index contributed by atoms with van der Waals surface area (Å²) in [5, 5.41) is 69.9. The number of aryl methyl sites for hydroxylation is 1. The van der Waals surface area contributed by atoms with E-state index in [1.165, 1.54) is 5.57 Å². The van der Waals surface area contributed by atoms with Gasteiger partial charge in [0, 0.05) is 30.3 Å². The second-order valence-corrected chi connectivity index (χ2v) is 20.4. The first-order valence-corrected chi connectivity index (χ1v) is 24.6. The number of rotatable bonds is 9. The average molecular weight is 905 g/mol. The predicted octanol–water partition coefficient (Wildman–Crippen LogP) is 6.20. The maximum absolute atomic E-state index is 14.9. The molecule has 0 radical (unpaired) electrons. The van der Waals surface area contributed by atoms with Crippen molar-refractivity contribution < 1.29 is 35.1 Å². The van der Waals surface area contributed by atoms with E-state index in [0.717, 1.165) is 48.1 Å². The molecule has 0 saturated heterocycles. The molecule has 4 bridgehead atoms. The van der Waals surface area contributed by atoms with E-state index in [2.05, 4.69) is 55.4 Å². The van der Waals surface area contributed by atoms with Crippen LogP contribution in [0, 0.1) is 23.2 Å². The Morgan fingerprint density at radius 2 is 1.79 bits per heavy atom. The second kappa shape index (κ2) is 21.5. The van der Waals surface area contributed by atoms with Crippen molar-refractivity contribution in [2.75, 3.05) is 19.7 Å². The largest absolute Gasteiger partial charge is 0.393 e. The first kappa shape index (κ1) is 49.9. The molecule has 11 atom stereocenters. The zero-order valence-corrected chi connectivity index (χ0v) is 39.7. The van der Waals surface area contributed by atoms with Crippen molar-refractivity contribution in [3.63, 3.8) is 0 Å². The van der Waals surface area contributed by atoms with E-state index in [9.17, 15) is 35.1 Å². The van der Waals surface area contributed by atoms with E-state index < -0.39 is 53.4 Å². The second-order valence-electron chi connectivity index (χ2n) is 20.4. The molecule has 358 valence electrons. The summed E-state index contributed by atoms with van der Waals surface area (Å²) in [6.45, 7) is 13.2. The monoisotopic (exact) mass is 905 g/mol. The number of ketones is 1. The van der Waals surface area contributed by atoms with Gasteiger partial charge in [0.2, 0.25) is 5.91 Å². The maximum Gasteiger partial charge on any atom is 0.243 e. The Hall–Kier alpha value is -4.04. The van der Waals surface area contributed by atoms with Crippen LogP contribution < -0.4 is 21.7 Å². The van der Waals surface area contributed by atoms with E-state index in [1.54, 1.807) is 0 Å². The third kappa shape index (κ3) is 10.3. The van der Waals surface area contributed by atoms with Gasteiger partial charge in [-0.15, -0.1) is 0 Å². The lowest BCUT2D eigenvalue weighted by atomic mass is 9.51. The topological polar surface area (TPSA) is 197 Å². The van der Waals surface area contributed by atoms with Gasteiger partial charge in [0.15, 0.2) is 5.78 Å². The number of allylic oxidation sites excluding steroid dienone is 5. The van der Waals surface area contributed by atoms with E-state index in [0.29, 0.717) is 85.6 Å². The number of carbonyl (C=O) groups excluding carboxylic acids is 2. The number of fused-ring (bicyclic) bond motifs is 4. The van der Waals surface area contributed by atoms with Gasteiger partial charge in [-0.1, -0.05) is 97.8 Å². The molecule has 66 heavy (non-hydrogen) atoms. The Kier molecular flexibility index (Phi) is 16.2. The molecular weight excluding hydrogens is 829 g/mol. The smallest absolute Gasteiger partial charge is 0.243 e. The van der Waals surface area contributed by atoms with Crippen molar-refractivity contribution in [1.29, 1.82) is 0 Å². The molecule has 0 aromatic heterocycles. The van der Waals surface area contributed by atoms with Crippen LogP contribution in [0.4, 0.5) is 0 Å². The van der Waals surface area contributed by atoms with Gasteiger partial charge < -0.3 is 41.9 Å². The minimum absolute atomic E-state index is 0.00625. The molecule has 0 unspecified atom stereocenters. The number of benzene rings is 2.